The molecule has 0 saturated carbocycles. The van der Waals surface area contributed by atoms with E-state index in [1.165, 1.54) is 0 Å². The van der Waals surface area contributed by atoms with Gasteiger partial charge in [0, 0.05) is 0 Å². The molecule has 0 amide bonds. The van der Waals surface area contributed by atoms with E-state index in [4.69, 9.17) is 5.11 Å². The monoisotopic (exact) mass is 216 g/mol. The highest BCUT2D eigenvalue weighted by Gasteiger charge is 2.16. The first-order valence-corrected chi connectivity index (χ1v) is 5.12. The fourth-order valence-electron chi connectivity index (χ4n) is 1.88. The van der Waals surface area contributed by atoms with Crippen molar-refractivity contribution in [2.75, 3.05) is 0 Å². The summed E-state index contributed by atoms with van der Waals surface area (Å²) in [4.78, 5) is 11.1. The van der Waals surface area contributed by atoms with Crippen LogP contribution in [0.5, 0.6) is 5.75 Å². The molecule has 2 aromatic carbocycles. The molecule has 0 unspecified atom stereocenters. The lowest BCUT2D eigenvalue weighted by Gasteiger charge is -2.09. The molecule has 82 valence electrons. The van der Waals surface area contributed by atoms with Gasteiger partial charge in [-0.1, -0.05) is 31.2 Å². The zero-order valence-electron chi connectivity index (χ0n) is 8.90. The Kier molecular flexibility index (Phi) is 2.52. The number of rotatable bonds is 2. The van der Waals surface area contributed by atoms with Crippen LogP contribution in [-0.2, 0) is 6.42 Å². The van der Waals surface area contributed by atoms with E-state index in [0.717, 1.165) is 5.39 Å². The predicted molar refractivity (Wildman–Crippen MR) is 62.0 cm³/mol. The number of phenols is 1. The highest BCUT2D eigenvalue weighted by molar-refractivity contribution is 6.06. The smallest absolute Gasteiger partial charge is 0.340 e. The van der Waals surface area contributed by atoms with Gasteiger partial charge in [0.05, 0.1) is 0 Å². The number of aromatic hydroxyl groups is 1. The van der Waals surface area contributed by atoms with Gasteiger partial charge in [-0.25, -0.2) is 4.79 Å². The zero-order chi connectivity index (χ0) is 11.7. The standard InChI is InChI=1S/C13H12O3/c1-2-8-7-9-5-3-4-6-10(9)11(12(8)14)13(15)16/h3-7,14H,2H2,1H3,(H,15,16). The lowest BCUT2D eigenvalue weighted by atomic mass is 9.98. The molecule has 0 aliphatic rings. The second-order valence-corrected chi connectivity index (χ2v) is 3.64. The first-order chi connectivity index (χ1) is 7.65. The third-order valence-corrected chi connectivity index (χ3v) is 2.70. The van der Waals surface area contributed by atoms with Crippen LogP contribution >= 0.6 is 0 Å². The fourth-order valence-corrected chi connectivity index (χ4v) is 1.88. The molecule has 0 aromatic heterocycles. The third-order valence-electron chi connectivity index (χ3n) is 2.70. The Balaban J connectivity index is 2.91. The quantitative estimate of drug-likeness (QED) is 0.811. The normalized spacial score (nSPS) is 10.6. The van der Waals surface area contributed by atoms with Gasteiger partial charge < -0.3 is 10.2 Å². The molecule has 3 nitrogen and oxygen atoms in total. The Morgan fingerprint density at radius 3 is 2.62 bits per heavy atom. The number of carboxylic acids is 1. The van der Waals surface area contributed by atoms with Crippen LogP contribution in [0.25, 0.3) is 10.8 Å². The number of hydrogen-bond donors (Lipinski definition) is 2. The Bertz CT molecular complexity index is 558. The van der Waals surface area contributed by atoms with Gasteiger partial charge in [-0.2, -0.15) is 0 Å². The van der Waals surface area contributed by atoms with E-state index in [2.05, 4.69) is 0 Å². The summed E-state index contributed by atoms with van der Waals surface area (Å²) >= 11 is 0. The Morgan fingerprint density at radius 2 is 2.00 bits per heavy atom. The van der Waals surface area contributed by atoms with Crippen molar-refractivity contribution >= 4 is 16.7 Å². The highest BCUT2D eigenvalue weighted by Crippen LogP contribution is 2.31. The van der Waals surface area contributed by atoms with Crippen molar-refractivity contribution < 1.29 is 15.0 Å². The summed E-state index contributed by atoms with van der Waals surface area (Å²) in [7, 11) is 0. The summed E-state index contributed by atoms with van der Waals surface area (Å²) in [6.45, 7) is 1.88. The first kappa shape index (κ1) is 10.5. The molecular formula is C13H12O3. The van der Waals surface area contributed by atoms with Crippen molar-refractivity contribution in [1.82, 2.24) is 0 Å². The first-order valence-electron chi connectivity index (χ1n) is 5.12. The summed E-state index contributed by atoms with van der Waals surface area (Å²) in [5.74, 6) is -1.21. The van der Waals surface area contributed by atoms with Gasteiger partial charge in [0.25, 0.3) is 0 Å². The molecular weight excluding hydrogens is 204 g/mol. The molecule has 0 bridgehead atoms. The molecule has 0 heterocycles. The van der Waals surface area contributed by atoms with Crippen molar-refractivity contribution in [3.05, 3.63) is 41.5 Å². The summed E-state index contributed by atoms with van der Waals surface area (Å²) in [5.41, 5.74) is 0.658. The van der Waals surface area contributed by atoms with E-state index in [-0.39, 0.29) is 11.3 Å². The predicted octanol–water partition coefficient (Wildman–Crippen LogP) is 2.81. The molecule has 2 aromatic rings. The van der Waals surface area contributed by atoms with Gasteiger partial charge in [-0.05, 0) is 28.8 Å². The fraction of sp³-hybridized carbons (Fsp3) is 0.154. The molecule has 0 fully saturated rings. The molecule has 2 N–H and O–H groups in total. The Morgan fingerprint density at radius 1 is 1.31 bits per heavy atom. The van der Waals surface area contributed by atoms with Gasteiger partial charge in [-0.3, -0.25) is 0 Å². The molecule has 16 heavy (non-hydrogen) atoms. The van der Waals surface area contributed by atoms with Crippen molar-refractivity contribution in [3.8, 4) is 5.75 Å². The SMILES string of the molecule is CCc1cc2ccccc2c(C(=O)O)c1O. The van der Waals surface area contributed by atoms with Gasteiger partial charge in [-0.15, -0.1) is 0 Å². The lowest BCUT2D eigenvalue weighted by molar-refractivity contribution is 0.0696. The number of carbonyl (C=O) groups is 1. The number of aromatic carboxylic acids is 1. The van der Waals surface area contributed by atoms with Crippen LogP contribution in [0.3, 0.4) is 0 Å². The maximum absolute atomic E-state index is 11.1. The second kappa shape index (κ2) is 3.85. The van der Waals surface area contributed by atoms with Crippen LogP contribution in [-0.4, -0.2) is 16.2 Å². The topological polar surface area (TPSA) is 57.5 Å². The van der Waals surface area contributed by atoms with Crippen LogP contribution in [0.4, 0.5) is 0 Å². The molecule has 0 spiro atoms. The Hall–Kier alpha value is -2.03. The van der Waals surface area contributed by atoms with Crippen molar-refractivity contribution in [1.29, 1.82) is 0 Å². The van der Waals surface area contributed by atoms with Crippen LogP contribution < -0.4 is 0 Å². The van der Waals surface area contributed by atoms with Crippen LogP contribution in [0.2, 0.25) is 0 Å². The Labute approximate surface area is 93.0 Å². The molecule has 2 rings (SSSR count). The minimum Gasteiger partial charge on any atom is -0.507 e. The van der Waals surface area contributed by atoms with Crippen LogP contribution in [0.15, 0.2) is 30.3 Å². The molecule has 0 aliphatic carbocycles. The summed E-state index contributed by atoms with van der Waals surface area (Å²) in [6, 6.07) is 9.00. The number of hydrogen-bond acceptors (Lipinski definition) is 2. The zero-order valence-corrected chi connectivity index (χ0v) is 8.90. The third kappa shape index (κ3) is 1.50. The molecule has 3 heteroatoms. The number of benzene rings is 2. The summed E-state index contributed by atoms with van der Waals surface area (Å²) in [6.07, 6.45) is 0.608. The maximum atomic E-state index is 11.1. The lowest BCUT2D eigenvalue weighted by Crippen LogP contribution is -2.00. The summed E-state index contributed by atoms with van der Waals surface area (Å²) < 4.78 is 0. The van der Waals surface area contributed by atoms with Crippen molar-refractivity contribution in [2.45, 2.75) is 13.3 Å². The maximum Gasteiger partial charge on any atom is 0.340 e. The largest absolute Gasteiger partial charge is 0.507 e. The van der Waals surface area contributed by atoms with E-state index in [0.29, 0.717) is 17.4 Å². The average molecular weight is 216 g/mol. The minimum absolute atomic E-state index is 0.00468. The van der Waals surface area contributed by atoms with Crippen molar-refractivity contribution in [2.24, 2.45) is 0 Å². The number of aryl methyl sites for hydroxylation is 1. The highest BCUT2D eigenvalue weighted by atomic mass is 16.4. The van der Waals surface area contributed by atoms with E-state index in [1.54, 1.807) is 12.1 Å². The van der Waals surface area contributed by atoms with E-state index >= 15 is 0 Å². The van der Waals surface area contributed by atoms with E-state index < -0.39 is 5.97 Å². The van der Waals surface area contributed by atoms with Crippen LogP contribution in [0.1, 0.15) is 22.8 Å². The van der Waals surface area contributed by atoms with Gasteiger partial charge in [0.1, 0.15) is 11.3 Å². The number of fused-ring (bicyclic) bond motifs is 1. The average Bonchev–Trinajstić information content (AvgIpc) is 2.27. The van der Waals surface area contributed by atoms with E-state index in [1.807, 2.05) is 25.1 Å². The van der Waals surface area contributed by atoms with E-state index in [9.17, 15) is 9.90 Å². The number of carboxylic acid groups (broad SMARTS) is 1. The molecule has 0 atom stereocenters. The van der Waals surface area contributed by atoms with Gasteiger partial charge in [0.15, 0.2) is 0 Å². The molecule has 0 aliphatic heterocycles. The molecule has 0 saturated heterocycles. The van der Waals surface area contributed by atoms with Crippen molar-refractivity contribution in [3.63, 3.8) is 0 Å². The second-order valence-electron chi connectivity index (χ2n) is 3.64. The molecule has 0 radical (unpaired) electrons. The van der Waals surface area contributed by atoms with Gasteiger partial charge >= 0.3 is 5.97 Å². The minimum atomic E-state index is -1.09. The summed E-state index contributed by atoms with van der Waals surface area (Å²) in [5, 5.41) is 20.4. The van der Waals surface area contributed by atoms with Gasteiger partial charge in [0.2, 0.25) is 0 Å². The van der Waals surface area contributed by atoms with Crippen LogP contribution in [0, 0.1) is 0 Å².